The van der Waals surface area contributed by atoms with Crippen LogP contribution in [0.2, 0.25) is 0 Å². The number of nitrogens with zero attached hydrogens (tertiary/aromatic N) is 2. The third-order valence-electron chi connectivity index (χ3n) is 5.17. The van der Waals surface area contributed by atoms with Crippen molar-refractivity contribution in [3.63, 3.8) is 0 Å². The summed E-state index contributed by atoms with van der Waals surface area (Å²) in [5, 5.41) is 3.37. The second-order valence-corrected chi connectivity index (χ2v) is 10.2. The summed E-state index contributed by atoms with van der Waals surface area (Å²) >= 11 is 0. The molecule has 0 spiro atoms. The molecule has 1 atom stereocenters. The number of rotatable bonds is 10. The Hall–Kier alpha value is -3.40. The monoisotopic (exact) mass is 497 g/mol. The van der Waals surface area contributed by atoms with Crippen molar-refractivity contribution in [3.05, 3.63) is 77.6 Å². The van der Waals surface area contributed by atoms with Crippen LogP contribution in [0.3, 0.4) is 0 Å². The van der Waals surface area contributed by atoms with Crippen LogP contribution in [0.5, 0.6) is 0 Å². The van der Waals surface area contributed by atoms with Crippen molar-refractivity contribution < 1.29 is 15.9 Å². The third-order valence-corrected chi connectivity index (χ3v) is 6.77. The number of anilines is 1. The molecule has 1 heterocycles. The molecule has 0 aliphatic heterocycles. The Morgan fingerprint density at radius 3 is 2.40 bits per heavy atom. The van der Waals surface area contributed by atoms with E-state index in [4.69, 9.17) is 11.5 Å². The molecule has 3 rings (SSSR count). The van der Waals surface area contributed by atoms with Gasteiger partial charge in [-0.15, -0.1) is 0 Å². The molecular formula is C26H35N5O3S. The SMILES string of the molecule is CCCNCc1ccc(C(N)=CC(=O)c2nc(-c3ccc(S(=O)C(C)C)cc3)cnc2N)cc1.O.[HH]. The highest BCUT2D eigenvalue weighted by Gasteiger charge is 2.15. The number of benzene rings is 2. The van der Waals surface area contributed by atoms with Gasteiger partial charge in [0.15, 0.2) is 11.5 Å². The van der Waals surface area contributed by atoms with Gasteiger partial charge in [0, 0.05) is 35.5 Å². The maximum Gasteiger partial charge on any atom is 0.210 e. The molecule has 188 valence electrons. The number of hydrogen-bond donors (Lipinski definition) is 3. The van der Waals surface area contributed by atoms with Crippen molar-refractivity contribution in [1.29, 1.82) is 0 Å². The van der Waals surface area contributed by atoms with Crippen LogP contribution in [0, 0.1) is 0 Å². The van der Waals surface area contributed by atoms with E-state index in [0.717, 1.165) is 41.1 Å². The lowest BCUT2D eigenvalue weighted by Crippen LogP contribution is -2.13. The molecule has 0 saturated heterocycles. The van der Waals surface area contributed by atoms with Gasteiger partial charge in [-0.25, -0.2) is 9.97 Å². The fourth-order valence-corrected chi connectivity index (χ4v) is 4.22. The first kappa shape index (κ1) is 27.8. The average Bonchev–Trinajstić information content (AvgIpc) is 2.84. The van der Waals surface area contributed by atoms with E-state index in [-0.39, 0.29) is 23.7 Å². The molecule has 0 bridgehead atoms. The van der Waals surface area contributed by atoms with Crippen LogP contribution in [-0.2, 0) is 17.3 Å². The number of carbonyl (C=O) groups is 1. The van der Waals surface area contributed by atoms with Crippen molar-refractivity contribution in [3.8, 4) is 11.3 Å². The highest BCUT2D eigenvalue weighted by molar-refractivity contribution is 7.85. The predicted molar refractivity (Wildman–Crippen MR) is 144 cm³/mol. The number of hydrogen-bond acceptors (Lipinski definition) is 7. The molecule has 1 aromatic heterocycles. The lowest BCUT2D eigenvalue weighted by molar-refractivity contribution is 0.104. The molecule has 7 N–H and O–H groups in total. The zero-order valence-corrected chi connectivity index (χ0v) is 21.1. The molecule has 8 nitrogen and oxygen atoms in total. The molecule has 9 heteroatoms. The van der Waals surface area contributed by atoms with E-state index in [9.17, 15) is 9.00 Å². The summed E-state index contributed by atoms with van der Waals surface area (Å²) in [5.41, 5.74) is 15.6. The molecule has 0 saturated carbocycles. The number of nitrogens with one attached hydrogen (secondary N) is 1. The summed E-state index contributed by atoms with van der Waals surface area (Å²) in [4.78, 5) is 22.2. The summed E-state index contributed by atoms with van der Waals surface area (Å²) in [6.07, 6.45) is 3.91. The zero-order valence-electron chi connectivity index (χ0n) is 20.2. The van der Waals surface area contributed by atoms with Crippen LogP contribution < -0.4 is 16.8 Å². The van der Waals surface area contributed by atoms with Gasteiger partial charge in [0.1, 0.15) is 0 Å². The van der Waals surface area contributed by atoms with Crippen LogP contribution in [0.1, 0.15) is 50.2 Å². The molecule has 3 aromatic rings. The Kier molecular flexibility index (Phi) is 10.3. The number of nitrogens with two attached hydrogens (primary N) is 2. The van der Waals surface area contributed by atoms with Gasteiger partial charge in [0.05, 0.1) is 22.7 Å². The van der Waals surface area contributed by atoms with Gasteiger partial charge in [-0.3, -0.25) is 9.00 Å². The first-order chi connectivity index (χ1) is 16.3. The number of carbonyl (C=O) groups excluding carboxylic acids is 1. The third kappa shape index (κ3) is 7.29. The van der Waals surface area contributed by atoms with Gasteiger partial charge >= 0.3 is 0 Å². The fourth-order valence-electron chi connectivity index (χ4n) is 3.27. The topological polar surface area (TPSA) is 155 Å². The van der Waals surface area contributed by atoms with Crippen LogP contribution in [-0.4, -0.2) is 37.2 Å². The van der Waals surface area contributed by atoms with E-state index in [0.29, 0.717) is 11.4 Å². The van der Waals surface area contributed by atoms with E-state index < -0.39 is 16.6 Å². The van der Waals surface area contributed by atoms with E-state index in [1.807, 2.05) is 50.2 Å². The predicted octanol–water partition coefficient (Wildman–Crippen LogP) is 3.35. The fraction of sp³-hybridized carbons (Fsp3) is 0.269. The first-order valence-electron chi connectivity index (χ1n) is 11.2. The van der Waals surface area contributed by atoms with Gasteiger partial charge < -0.3 is 22.3 Å². The molecule has 0 fully saturated rings. The molecule has 35 heavy (non-hydrogen) atoms. The normalized spacial score (nSPS) is 12.3. The molecule has 0 aliphatic carbocycles. The number of aromatic nitrogens is 2. The van der Waals surface area contributed by atoms with Crippen LogP contribution in [0.25, 0.3) is 17.0 Å². The minimum Gasteiger partial charge on any atom is -0.412 e. The van der Waals surface area contributed by atoms with Crippen molar-refractivity contribution in [1.82, 2.24) is 15.3 Å². The minimum absolute atomic E-state index is 0. The summed E-state index contributed by atoms with van der Waals surface area (Å²) in [6, 6.07) is 14.9. The highest BCUT2D eigenvalue weighted by atomic mass is 32.2. The van der Waals surface area contributed by atoms with Gasteiger partial charge in [-0.2, -0.15) is 0 Å². The molecule has 1 unspecified atom stereocenters. The second kappa shape index (κ2) is 12.9. The summed E-state index contributed by atoms with van der Waals surface area (Å²) in [7, 11) is -1.08. The number of nitrogen functional groups attached to an aromatic ring is 1. The van der Waals surface area contributed by atoms with Crippen LogP contribution in [0.15, 0.2) is 65.7 Å². The highest BCUT2D eigenvalue weighted by Crippen LogP contribution is 2.22. The maximum atomic E-state index is 12.9. The molecule has 0 radical (unpaired) electrons. The largest absolute Gasteiger partial charge is 0.412 e. The smallest absolute Gasteiger partial charge is 0.210 e. The first-order valence-corrected chi connectivity index (χ1v) is 12.5. The molecule has 0 amide bonds. The Balaban J connectivity index is 0.00000324. The molecular weight excluding hydrogens is 462 g/mol. The van der Waals surface area contributed by atoms with Gasteiger partial charge in [0.2, 0.25) is 5.78 Å². The Bertz CT molecular complexity index is 1200. The number of allylic oxidation sites excluding steroid dienone is 1. The van der Waals surface area contributed by atoms with Gasteiger partial charge in [0.25, 0.3) is 0 Å². The minimum atomic E-state index is -1.08. The maximum absolute atomic E-state index is 12.9. The summed E-state index contributed by atoms with van der Waals surface area (Å²) in [5.74, 6) is -0.386. The van der Waals surface area contributed by atoms with Crippen molar-refractivity contribution in [2.45, 2.75) is 43.9 Å². The van der Waals surface area contributed by atoms with Crippen molar-refractivity contribution in [2.24, 2.45) is 5.73 Å². The van der Waals surface area contributed by atoms with Crippen molar-refractivity contribution in [2.75, 3.05) is 12.3 Å². The summed E-state index contributed by atoms with van der Waals surface area (Å²) < 4.78 is 12.3. The molecule has 0 aliphatic rings. The quantitative estimate of drug-likeness (QED) is 0.220. The van der Waals surface area contributed by atoms with E-state index in [2.05, 4.69) is 22.2 Å². The van der Waals surface area contributed by atoms with Crippen molar-refractivity contribution >= 4 is 28.1 Å². The van der Waals surface area contributed by atoms with E-state index in [1.54, 1.807) is 12.1 Å². The van der Waals surface area contributed by atoms with Gasteiger partial charge in [-0.05, 0) is 36.2 Å². The van der Waals surface area contributed by atoms with E-state index >= 15 is 0 Å². The lowest BCUT2D eigenvalue weighted by Gasteiger charge is -2.08. The lowest BCUT2D eigenvalue weighted by atomic mass is 10.1. The summed E-state index contributed by atoms with van der Waals surface area (Å²) in [6.45, 7) is 7.68. The Morgan fingerprint density at radius 1 is 1.14 bits per heavy atom. The Morgan fingerprint density at radius 2 is 1.80 bits per heavy atom. The number of ketones is 1. The molecule has 2 aromatic carbocycles. The Labute approximate surface area is 210 Å². The van der Waals surface area contributed by atoms with Gasteiger partial charge in [-0.1, -0.05) is 57.2 Å². The standard InChI is InChI=1S/C26H31N5O2S.H2O.H2/c1-4-13-29-15-18-5-7-19(8-6-18)22(27)14-24(32)25-26(28)30-16-23(31-25)20-9-11-21(12-10-20)34(33)17(2)3;;/h5-12,14,16-17,29H,4,13,15,27H2,1-3H3,(H2,28,30);1H2;1H. The second-order valence-electron chi connectivity index (χ2n) is 8.20. The van der Waals surface area contributed by atoms with Crippen LogP contribution in [0.4, 0.5) is 5.82 Å². The van der Waals surface area contributed by atoms with E-state index in [1.165, 1.54) is 12.3 Å². The van der Waals surface area contributed by atoms with Crippen LogP contribution >= 0.6 is 0 Å². The average molecular weight is 498 g/mol. The zero-order chi connectivity index (χ0) is 24.7.